The number of alkyl carbamates (subject to hydrolysis) is 1. The van der Waals surface area contributed by atoms with Gasteiger partial charge in [-0.1, -0.05) is 6.07 Å². The van der Waals surface area contributed by atoms with Crippen LogP contribution in [0, 0.1) is 0 Å². The second-order valence-corrected chi connectivity index (χ2v) is 14.4. The molecule has 0 atom stereocenters. The first-order chi connectivity index (χ1) is 18.5. The Labute approximate surface area is 235 Å². The zero-order chi connectivity index (χ0) is 29.5. The number of aryl methyl sites for hydroxylation is 2. The van der Waals surface area contributed by atoms with Crippen LogP contribution < -0.4 is 15.4 Å². The lowest BCUT2D eigenvalue weighted by molar-refractivity contribution is 0.0551. The normalized spacial score (nSPS) is 17.4. The fourth-order valence-electron chi connectivity index (χ4n) is 5.07. The van der Waals surface area contributed by atoms with Crippen LogP contribution in [0.2, 0.25) is 0 Å². The molecule has 1 aromatic carbocycles. The SMILES string of the molecule is CC(C)(C)OC(=O)/N=C(/NC(=O)OC(C)(C)C)N1CC(S(=O)(=O)NC(=O)Nc2c3c(cc4c2CCC4)CCC3)C1. The summed E-state index contributed by atoms with van der Waals surface area (Å²) in [5, 5.41) is 4.26. The molecule has 0 aromatic heterocycles. The van der Waals surface area contributed by atoms with Crippen LogP contribution in [0.15, 0.2) is 11.1 Å². The van der Waals surface area contributed by atoms with Gasteiger partial charge in [0, 0.05) is 18.8 Å². The third-order valence-corrected chi connectivity index (χ3v) is 8.38. The first-order valence-corrected chi connectivity index (χ1v) is 15.1. The predicted octanol–water partition coefficient (Wildman–Crippen LogP) is 3.62. The van der Waals surface area contributed by atoms with Crippen molar-refractivity contribution in [1.29, 1.82) is 0 Å². The molecule has 2 aliphatic carbocycles. The number of hydrogen-bond donors (Lipinski definition) is 3. The molecule has 4 amide bonds. The minimum atomic E-state index is -4.07. The number of likely N-dealkylation sites (tertiary alicyclic amines) is 1. The predicted molar refractivity (Wildman–Crippen MR) is 150 cm³/mol. The van der Waals surface area contributed by atoms with Gasteiger partial charge in [-0.25, -0.2) is 27.5 Å². The molecule has 40 heavy (non-hydrogen) atoms. The van der Waals surface area contributed by atoms with Gasteiger partial charge in [-0.15, -0.1) is 4.99 Å². The van der Waals surface area contributed by atoms with Gasteiger partial charge in [0.05, 0.1) is 0 Å². The molecule has 0 radical (unpaired) electrons. The fourth-order valence-corrected chi connectivity index (χ4v) is 6.30. The molecule has 1 saturated heterocycles. The number of carbonyl (C=O) groups excluding carboxylic acids is 3. The quantitative estimate of drug-likeness (QED) is 0.363. The highest BCUT2D eigenvalue weighted by Crippen LogP contribution is 2.38. The van der Waals surface area contributed by atoms with Crippen molar-refractivity contribution in [3.63, 3.8) is 0 Å². The van der Waals surface area contributed by atoms with E-state index in [0.29, 0.717) is 0 Å². The standard InChI is InChI=1S/C27H39N5O7S/c1-26(2,3)38-24(34)29-22(30-25(35)39-27(4,5)6)32-14-18(15-32)40(36,37)31-23(33)28-21-19-11-7-9-16(19)13-17-10-8-12-20(17)21/h13,18H,7-12,14-15H2,1-6H3,(H2,28,31,33)(H,29,30,34,35). The Morgan fingerprint density at radius 1 is 0.900 bits per heavy atom. The molecular weight excluding hydrogens is 538 g/mol. The van der Waals surface area contributed by atoms with Crippen LogP contribution in [-0.2, 0) is 45.2 Å². The molecule has 12 nitrogen and oxygen atoms in total. The van der Waals surface area contributed by atoms with Gasteiger partial charge in [0.1, 0.15) is 16.5 Å². The third kappa shape index (κ3) is 7.23. The first kappa shape index (κ1) is 29.6. The number of carbonyl (C=O) groups is 3. The number of rotatable bonds is 3. The van der Waals surface area contributed by atoms with Crippen LogP contribution in [0.3, 0.4) is 0 Å². The number of benzene rings is 1. The molecular formula is C27H39N5O7S. The van der Waals surface area contributed by atoms with E-state index in [1.807, 2.05) is 0 Å². The molecule has 0 bridgehead atoms. The highest BCUT2D eigenvalue weighted by molar-refractivity contribution is 7.90. The van der Waals surface area contributed by atoms with Gasteiger partial charge in [0.2, 0.25) is 16.0 Å². The van der Waals surface area contributed by atoms with Crippen LogP contribution in [0.25, 0.3) is 0 Å². The number of nitrogens with one attached hydrogen (secondary N) is 3. The molecule has 3 aliphatic rings. The van der Waals surface area contributed by atoms with Gasteiger partial charge in [-0.2, -0.15) is 0 Å². The number of amides is 4. The lowest BCUT2D eigenvalue weighted by Gasteiger charge is -2.40. The Hall–Kier alpha value is -3.35. The molecule has 0 unspecified atom stereocenters. The van der Waals surface area contributed by atoms with E-state index in [2.05, 4.69) is 26.4 Å². The second-order valence-electron chi connectivity index (χ2n) is 12.4. The minimum Gasteiger partial charge on any atom is -0.444 e. The molecule has 1 aliphatic heterocycles. The summed E-state index contributed by atoms with van der Waals surface area (Å²) in [7, 11) is -4.07. The Bertz CT molecular complexity index is 1300. The van der Waals surface area contributed by atoms with Crippen molar-refractivity contribution in [3.8, 4) is 0 Å². The molecule has 4 rings (SSSR count). The van der Waals surface area contributed by atoms with E-state index in [4.69, 9.17) is 9.47 Å². The molecule has 13 heteroatoms. The average Bonchev–Trinajstić information content (AvgIpc) is 3.38. The van der Waals surface area contributed by atoms with Gasteiger partial charge < -0.3 is 19.7 Å². The van der Waals surface area contributed by atoms with Crippen molar-refractivity contribution in [2.45, 2.75) is 96.5 Å². The summed E-state index contributed by atoms with van der Waals surface area (Å²) < 4.78 is 38.6. The van der Waals surface area contributed by atoms with Crippen molar-refractivity contribution in [2.75, 3.05) is 18.4 Å². The summed E-state index contributed by atoms with van der Waals surface area (Å²) in [6.45, 7) is 9.81. The topological polar surface area (TPSA) is 155 Å². The van der Waals surface area contributed by atoms with Crippen LogP contribution in [0.1, 0.15) is 76.6 Å². The van der Waals surface area contributed by atoms with E-state index in [9.17, 15) is 22.8 Å². The molecule has 1 heterocycles. The lowest BCUT2D eigenvalue weighted by atomic mass is 9.99. The van der Waals surface area contributed by atoms with Crippen LogP contribution in [0.5, 0.6) is 0 Å². The number of anilines is 1. The van der Waals surface area contributed by atoms with E-state index < -0.39 is 44.7 Å². The van der Waals surface area contributed by atoms with E-state index >= 15 is 0 Å². The van der Waals surface area contributed by atoms with Crippen LogP contribution in [0.4, 0.5) is 20.1 Å². The smallest absolute Gasteiger partial charge is 0.437 e. The summed E-state index contributed by atoms with van der Waals surface area (Å²) in [5.41, 5.74) is 3.76. The van der Waals surface area contributed by atoms with Gasteiger partial charge in [0.15, 0.2) is 0 Å². The number of urea groups is 1. The number of hydrogen-bond acceptors (Lipinski definition) is 7. The van der Waals surface area contributed by atoms with E-state index in [0.717, 1.165) is 55.3 Å². The highest BCUT2D eigenvalue weighted by atomic mass is 32.2. The molecule has 1 fully saturated rings. The summed E-state index contributed by atoms with van der Waals surface area (Å²) in [6, 6.07) is 1.43. The van der Waals surface area contributed by atoms with Crippen molar-refractivity contribution in [3.05, 3.63) is 28.3 Å². The fraction of sp³-hybridized carbons (Fsp3) is 0.630. The van der Waals surface area contributed by atoms with Gasteiger partial charge in [-0.3, -0.25) is 5.32 Å². The van der Waals surface area contributed by atoms with E-state index in [-0.39, 0.29) is 19.0 Å². The minimum absolute atomic E-state index is 0.115. The van der Waals surface area contributed by atoms with E-state index in [1.54, 1.807) is 41.5 Å². The number of aliphatic imine (C=N–C) groups is 1. The van der Waals surface area contributed by atoms with Crippen molar-refractivity contribution in [1.82, 2.24) is 14.9 Å². The zero-order valence-corrected chi connectivity index (χ0v) is 24.8. The Kier molecular flexibility index (Phi) is 8.08. The van der Waals surface area contributed by atoms with Gasteiger partial charge in [0.25, 0.3) is 0 Å². The monoisotopic (exact) mass is 577 g/mol. The largest absolute Gasteiger partial charge is 0.444 e. The maximum absolute atomic E-state index is 13.0. The maximum atomic E-state index is 13.0. The van der Waals surface area contributed by atoms with Crippen LogP contribution >= 0.6 is 0 Å². The number of ether oxygens (including phenoxy) is 2. The Morgan fingerprint density at radius 3 is 1.98 bits per heavy atom. The van der Waals surface area contributed by atoms with Crippen LogP contribution in [-0.4, -0.2) is 67.0 Å². The van der Waals surface area contributed by atoms with Gasteiger partial charge in [-0.05, 0) is 102 Å². The Balaban J connectivity index is 1.42. The van der Waals surface area contributed by atoms with E-state index in [1.165, 1.54) is 16.0 Å². The molecule has 1 aromatic rings. The highest BCUT2D eigenvalue weighted by Gasteiger charge is 2.41. The van der Waals surface area contributed by atoms with Crippen molar-refractivity contribution < 1.29 is 32.3 Å². The number of nitrogens with zero attached hydrogens (tertiary/aromatic N) is 2. The summed E-state index contributed by atoms with van der Waals surface area (Å²) in [4.78, 5) is 42.8. The summed E-state index contributed by atoms with van der Waals surface area (Å²) in [5.74, 6) is -0.199. The molecule has 220 valence electrons. The molecule has 0 saturated carbocycles. The average molecular weight is 578 g/mol. The second kappa shape index (κ2) is 10.9. The summed E-state index contributed by atoms with van der Waals surface area (Å²) >= 11 is 0. The molecule has 3 N–H and O–H groups in total. The summed E-state index contributed by atoms with van der Waals surface area (Å²) in [6.07, 6.45) is 3.83. The maximum Gasteiger partial charge on any atom is 0.437 e. The Morgan fingerprint density at radius 2 is 1.45 bits per heavy atom. The third-order valence-electron chi connectivity index (χ3n) is 6.74. The number of sulfonamides is 1. The first-order valence-electron chi connectivity index (χ1n) is 13.6. The van der Waals surface area contributed by atoms with Crippen molar-refractivity contribution >= 4 is 39.9 Å². The lowest BCUT2D eigenvalue weighted by Crippen LogP contribution is -2.63. The molecule has 0 spiro atoms. The van der Waals surface area contributed by atoms with Gasteiger partial charge >= 0.3 is 18.2 Å². The van der Waals surface area contributed by atoms with Crippen molar-refractivity contribution in [2.24, 2.45) is 4.99 Å². The number of fused-ring (bicyclic) bond motifs is 2. The zero-order valence-electron chi connectivity index (χ0n) is 24.0. The number of guanidine groups is 1.